The maximum atomic E-state index is 12.7. The van der Waals surface area contributed by atoms with Crippen molar-refractivity contribution in [2.24, 2.45) is 17.8 Å². The summed E-state index contributed by atoms with van der Waals surface area (Å²) >= 11 is 1.69. The van der Waals surface area contributed by atoms with Crippen LogP contribution in [-0.4, -0.2) is 34.9 Å². The predicted octanol–water partition coefficient (Wildman–Crippen LogP) is 2.79. The molecule has 1 aromatic carbocycles. The van der Waals surface area contributed by atoms with E-state index < -0.39 is 0 Å². The van der Waals surface area contributed by atoms with Gasteiger partial charge in [0.05, 0.1) is 22.3 Å². The number of para-hydroxylation sites is 1. The number of quaternary nitrogens is 1. The van der Waals surface area contributed by atoms with Crippen molar-refractivity contribution >= 4 is 27.5 Å². The number of aromatic nitrogens is 1. The summed E-state index contributed by atoms with van der Waals surface area (Å²) in [5.41, 5.74) is 1.41. The lowest BCUT2D eigenvalue weighted by molar-refractivity contribution is -0.730. The van der Waals surface area contributed by atoms with Gasteiger partial charge in [-0.2, -0.15) is 0 Å². The van der Waals surface area contributed by atoms with Gasteiger partial charge in [0.15, 0.2) is 6.54 Å². The molecule has 1 amide bonds. The summed E-state index contributed by atoms with van der Waals surface area (Å²) in [5.74, 6) is 3.05. The van der Waals surface area contributed by atoms with Crippen LogP contribution in [0.15, 0.2) is 24.3 Å². The number of amides is 1. The van der Waals surface area contributed by atoms with Crippen molar-refractivity contribution in [2.45, 2.75) is 50.6 Å². The molecule has 0 aliphatic heterocycles. The van der Waals surface area contributed by atoms with Crippen LogP contribution in [0.4, 0.5) is 0 Å². The molecule has 0 unspecified atom stereocenters. The SMILES string of the molecule is CN(Cc1nc2ccccc2s1)C(=O)C[NH2+]C12CC3CC(CC(C3)C1)C2. The van der Waals surface area contributed by atoms with Gasteiger partial charge in [-0.1, -0.05) is 12.1 Å². The largest absolute Gasteiger partial charge is 0.334 e. The molecule has 2 aromatic rings. The van der Waals surface area contributed by atoms with E-state index in [1.54, 1.807) is 11.3 Å². The number of likely N-dealkylation sites (N-methyl/N-ethyl adjacent to an activating group) is 1. The first kappa shape index (κ1) is 16.7. The Hall–Kier alpha value is -1.46. The van der Waals surface area contributed by atoms with E-state index in [-0.39, 0.29) is 5.91 Å². The molecule has 138 valence electrons. The second-order valence-electron chi connectivity index (χ2n) is 9.01. The first-order chi connectivity index (χ1) is 12.6. The first-order valence-electron chi connectivity index (χ1n) is 10.0. The van der Waals surface area contributed by atoms with E-state index in [0.29, 0.717) is 18.6 Å². The van der Waals surface area contributed by atoms with Crippen LogP contribution in [0.1, 0.15) is 43.5 Å². The topological polar surface area (TPSA) is 49.8 Å². The highest BCUT2D eigenvalue weighted by Crippen LogP contribution is 2.54. The molecule has 0 radical (unpaired) electrons. The van der Waals surface area contributed by atoms with Crippen molar-refractivity contribution in [1.29, 1.82) is 0 Å². The fourth-order valence-corrected chi connectivity index (χ4v) is 7.19. The molecule has 4 fully saturated rings. The molecule has 26 heavy (non-hydrogen) atoms. The number of carbonyl (C=O) groups is 1. The van der Waals surface area contributed by atoms with Gasteiger partial charge < -0.3 is 10.2 Å². The number of nitrogens with zero attached hydrogens (tertiary/aromatic N) is 2. The molecule has 5 heteroatoms. The molecule has 4 aliphatic carbocycles. The van der Waals surface area contributed by atoms with Gasteiger partial charge in [0, 0.05) is 26.3 Å². The van der Waals surface area contributed by atoms with Gasteiger partial charge in [0.2, 0.25) is 0 Å². The monoisotopic (exact) mass is 370 g/mol. The van der Waals surface area contributed by atoms with E-state index in [0.717, 1.165) is 28.3 Å². The number of hydrogen-bond donors (Lipinski definition) is 1. The van der Waals surface area contributed by atoms with Gasteiger partial charge in [-0.15, -0.1) is 11.3 Å². The molecule has 2 N–H and O–H groups in total. The Bertz CT molecular complexity index is 761. The average Bonchev–Trinajstić information content (AvgIpc) is 3.00. The number of rotatable bonds is 5. The fourth-order valence-electron chi connectivity index (χ4n) is 6.17. The summed E-state index contributed by atoms with van der Waals surface area (Å²) in [6.45, 7) is 1.21. The van der Waals surface area contributed by atoms with Crippen LogP contribution in [0.25, 0.3) is 10.2 Å². The summed E-state index contributed by atoms with van der Waals surface area (Å²) in [6, 6.07) is 8.19. The Morgan fingerprint density at radius 3 is 2.50 bits per heavy atom. The summed E-state index contributed by atoms with van der Waals surface area (Å²) in [5, 5.41) is 3.44. The third-order valence-corrected chi connectivity index (χ3v) is 7.95. The average molecular weight is 371 g/mol. The van der Waals surface area contributed by atoms with E-state index in [1.165, 1.54) is 43.2 Å². The lowest BCUT2D eigenvalue weighted by Crippen LogP contribution is -3.00. The number of carbonyl (C=O) groups excluding carboxylic acids is 1. The van der Waals surface area contributed by atoms with Gasteiger partial charge in [0.1, 0.15) is 5.01 Å². The zero-order valence-electron chi connectivity index (χ0n) is 15.5. The molecule has 0 saturated heterocycles. The van der Waals surface area contributed by atoms with Crippen molar-refractivity contribution in [2.75, 3.05) is 13.6 Å². The first-order valence-corrected chi connectivity index (χ1v) is 10.8. The Morgan fingerprint density at radius 1 is 1.19 bits per heavy atom. The standard InChI is InChI=1S/C21H27N3OS/c1-24(13-19-23-17-4-2-3-5-18(17)26-19)20(25)12-22-21-9-14-6-15(10-21)8-16(7-14)11-21/h2-5,14-16,22H,6-13H2,1H3/p+1. The summed E-state index contributed by atoms with van der Waals surface area (Å²) < 4.78 is 1.20. The number of benzene rings is 1. The Kier molecular flexibility index (Phi) is 4.05. The Labute approximate surface area is 159 Å². The second-order valence-corrected chi connectivity index (χ2v) is 10.1. The molecular weight excluding hydrogens is 342 g/mol. The maximum Gasteiger partial charge on any atom is 0.277 e. The van der Waals surface area contributed by atoms with Crippen molar-refractivity contribution in [3.05, 3.63) is 29.3 Å². The maximum absolute atomic E-state index is 12.7. The number of nitrogens with two attached hydrogens (primary N) is 1. The normalized spacial score (nSPS) is 32.3. The predicted molar refractivity (Wildman–Crippen MR) is 104 cm³/mol. The van der Waals surface area contributed by atoms with Crippen molar-refractivity contribution in [1.82, 2.24) is 9.88 Å². The second kappa shape index (κ2) is 6.31. The molecule has 1 heterocycles. The van der Waals surface area contributed by atoms with Gasteiger partial charge in [-0.3, -0.25) is 4.79 Å². The van der Waals surface area contributed by atoms with Crippen molar-refractivity contribution < 1.29 is 10.1 Å². The van der Waals surface area contributed by atoms with Crippen LogP contribution in [-0.2, 0) is 11.3 Å². The lowest BCUT2D eigenvalue weighted by atomic mass is 9.53. The van der Waals surface area contributed by atoms with Crippen LogP contribution >= 0.6 is 11.3 Å². The van der Waals surface area contributed by atoms with Crippen molar-refractivity contribution in [3.8, 4) is 0 Å². The summed E-state index contributed by atoms with van der Waals surface area (Å²) in [6.07, 6.45) is 8.39. The van der Waals surface area contributed by atoms with E-state index in [4.69, 9.17) is 0 Å². The quantitative estimate of drug-likeness (QED) is 0.880. The molecule has 4 saturated carbocycles. The van der Waals surface area contributed by atoms with Gasteiger partial charge in [-0.25, -0.2) is 4.98 Å². The molecule has 4 nitrogen and oxygen atoms in total. The lowest BCUT2D eigenvalue weighted by Gasteiger charge is -2.54. The smallest absolute Gasteiger partial charge is 0.277 e. The highest BCUT2D eigenvalue weighted by Gasteiger charge is 2.53. The Morgan fingerprint density at radius 2 is 1.85 bits per heavy atom. The third-order valence-electron chi connectivity index (χ3n) is 6.93. The van der Waals surface area contributed by atoms with Crippen LogP contribution < -0.4 is 5.32 Å². The van der Waals surface area contributed by atoms with Crippen molar-refractivity contribution in [3.63, 3.8) is 0 Å². The Balaban J connectivity index is 1.20. The molecule has 6 rings (SSSR count). The third kappa shape index (κ3) is 3.05. The molecule has 1 aromatic heterocycles. The zero-order chi connectivity index (χ0) is 17.7. The van der Waals surface area contributed by atoms with Crippen LogP contribution in [0.3, 0.4) is 0 Å². The highest BCUT2D eigenvalue weighted by atomic mass is 32.1. The van der Waals surface area contributed by atoms with Gasteiger partial charge in [-0.05, 0) is 49.1 Å². The molecule has 0 spiro atoms. The van der Waals surface area contributed by atoms with E-state index in [9.17, 15) is 4.79 Å². The number of hydrogen-bond acceptors (Lipinski definition) is 3. The molecule has 4 bridgehead atoms. The summed E-state index contributed by atoms with van der Waals surface area (Å²) in [7, 11) is 1.92. The van der Waals surface area contributed by atoms with Gasteiger partial charge >= 0.3 is 0 Å². The highest BCUT2D eigenvalue weighted by molar-refractivity contribution is 7.18. The summed E-state index contributed by atoms with van der Waals surface area (Å²) in [4.78, 5) is 19.2. The van der Waals surface area contributed by atoms with Gasteiger partial charge in [0.25, 0.3) is 5.91 Å². The van der Waals surface area contributed by atoms with E-state index >= 15 is 0 Å². The number of fused-ring (bicyclic) bond motifs is 1. The zero-order valence-corrected chi connectivity index (χ0v) is 16.3. The minimum absolute atomic E-state index is 0.236. The van der Waals surface area contributed by atoms with Crippen LogP contribution in [0.5, 0.6) is 0 Å². The minimum atomic E-state index is 0.236. The van der Waals surface area contributed by atoms with Crippen LogP contribution in [0.2, 0.25) is 0 Å². The fraction of sp³-hybridized carbons (Fsp3) is 0.619. The number of thiazole rings is 1. The minimum Gasteiger partial charge on any atom is -0.334 e. The van der Waals surface area contributed by atoms with Crippen LogP contribution in [0, 0.1) is 17.8 Å². The van der Waals surface area contributed by atoms with E-state index in [2.05, 4.69) is 16.4 Å². The molecule has 0 atom stereocenters. The molecule has 4 aliphatic rings. The molecular formula is C21H28N3OS+. The van der Waals surface area contributed by atoms with E-state index in [1.807, 2.05) is 30.1 Å².